The number of hydrogen-bond acceptors (Lipinski definition) is 2. The van der Waals surface area contributed by atoms with Gasteiger partial charge in [-0.05, 0) is 40.3 Å². The molecule has 0 heterocycles. The van der Waals surface area contributed by atoms with Gasteiger partial charge >= 0.3 is 0 Å². The summed E-state index contributed by atoms with van der Waals surface area (Å²) in [6.45, 7) is 8.65. The highest BCUT2D eigenvalue weighted by Gasteiger charge is 2.18. The maximum Gasteiger partial charge on any atom is 0.124 e. The number of benzene rings is 3. The number of aromatic hydroxyl groups is 1. The zero-order valence-electron chi connectivity index (χ0n) is 14.7. The van der Waals surface area contributed by atoms with E-state index in [-0.39, 0.29) is 11.2 Å². The maximum absolute atomic E-state index is 10.3. The molecule has 0 atom stereocenters. The Morgan fingerprint density at radius 1 is 0.917 bits per heavy atom. The van der Waals surface area contributed by atoms with Gasteiger partial charge in [-0.1, -0.05) is 69.3 Å². The van der Waals surface area contributed by atoms with Gasteiger partial charge in [-0.2, -0.15) is 0 Å². The summed E-state index contributed by atoms with van der Waals surface area (Å²) in [6, 6.07) is 18.0. The lowest BCUT2D eigenvalue weighted by atomic mass is 9.85. The Kier molecular flexibility index (Phi) is 4.15. The number of aryl methyl sites for hydroxylation is 1. The van der Waals surface area contributed by atoms with Crippen LogP contribution in [0.25, 0.3) is 10.8 Å². The quantitative estimate of drug-likeness (QED) is 0.586. The first-order valence-corrected chi connectivity index (χ1v) is 8.23. The third kappa shape index (κ3) is 3.05. The van der Waals surface area contributed by atoms with Crippen LogP contribution >= 0.6 is 0 Å². The normalized spacial score (nSPS) is 12.2. The molecule has 0 bridgehead atoms. The minimum absolute atomic E-state index is 0.0134. The molecule has 1 N–H and O–H groups in total. The average molecular weight is 317 g/mol. The molecule has 0 aliphatic carbocycles. The predicted octanol–water partition coefficient (Wildman–Crippen LogP) is 5.90. The van der Waals surface area contributed by atoms with E-state index in [4.69, 9.17) is 4.99 Å². The van der Waals surface area contributed by atoms with E-state index >= 15 is 0 Å². The van der Waals surface area contributed by atoms with Crippen LogP contribution in [0.4, 0.5) is 5.69 Å². The third-order valence-corrected chi connectivity index (χ3v) is 4.32. The van der Waals surface area contributed by atoms with E-state index in [1.807, 2.05) is 30.3 Å². The fourth-order valence-corrected chi connectivity index (χ4v) is 2.98. The molecule has 24 heavy (non-hydrogen) atoms. The molecule has 0 saturated carbocycles. The summed E-state index contributed by atoms with van der Waals surface area (Å²) in [5.74, 6) is 0.253. The Balaban J connectivity index is 2.16. The minimum Gasteiger partial charge on any atom is -0.507 e. The van der Waals surface area contributed by atoms with Gasteiger partial charge in [0, 0.05) is 11.8 Å². The van der Waals surface area contributed by atoms with Crippen molar-refractivity contribution in [3.8, 4) is 5.75 Å². The van der Waals surface area contributed by atoms with E-state index in [1.54, 1.807) is 12.3 Å². The van der Waals surface area contributed by atoms with Gasteiger partial charge in [-0.3, -0.25) is 4.99 Å². The van der Waals surface area contributed by atoms with E-state index in [2.05, 4.69) is 45.9 Å². The molecule has 3 aromatic rings. The number of phenolic OH excluding ortho intramolecular Hbond substituents is 1. The van der Waals surface area contributed by atoms with Crippen molar-refractivity contribution in [2.24, 2.45) is 4.99 Å². The number of hydrogen-bond donors (Lipinski definition) is 1. The summed E-state index contributed by atoms with van der Waals surface area (Å²) >= 11 is 0. The van der Waals surface area contributed by atoms with Gasteiger partial charge in [-0.15, -0.1) is 0 Å². The number of fused-ring (bicyclic) bond motifs is 1. The van der Waals surface area contributed by atoms with Crippen LogP contribution in [0.1, 0.15) is 37.5 Å². The molecule has 2 heteroatoms. The van der Waals surface area contributed by atoms with E-state index in [1.165, 1.54) is 5.56 Å². The second-order valence-electron chi connectivity index (χ2n) is 7.20. The largest absolute Gasteiger partial charge is 0.507 e. The Morgan fingerprint density at radius 3 is 2.42 bits per heavy atom. The lowest BCUT2D eigenvalue weighted by Gasteiger charge is -2.22. The molecule has 3 aromatic carbocycles. The van der Waals surface area contributed by atoms with Crippen LogP contribution in [0.2, 0.25) is 0 Å². The molecule has 0 spiro atoms. The van der Waals surface area contributed by atoms with Crippen molar-refractivity contribution in [1.82, 2.24) is 0 Å². The number of phenols is 1. The predicted molar refractivity (Wildman–Crippen MR) is 103 cm³/mol. The molecule has 0 amide bonds. The molecule has 0 saturated heterocycles. The Bertz CT molecular complexity index is 917. The van der Waals surface area contributed by atoms with Crippen molar-refractivity contribution in [3.63, 3.8) is 0 Å². The standard InChI is InChI=1S/C22H23NO/c1-15-8-7-11-19(22(2,3)4)21(15)23-14-18-17-10-6-5-9-16(17)12-13-20(18)24/h5-14,24H,1-4H3. The topological polar surface area (TPSA) is 32.6 Å². The molecule has 0 unspecified atom stereocenters. The van der Waals surface area contributed by atoms with E-state index < -0.39 is 0 Å². The number of nitrogens with zero attached hydrogens (tertiary/aromatic N) is 1. The van der Waals surface area contributed by atoms with Gasteiger partial charge < -0.3 is 5.11 Å². The van der Waals surface area contributed by atoms with Crippen LogP contribution in [-0.4, -0.2) is 11.3 Å². The highest BCUT2D eigenvalue weighted by molar-refractivity contribution is 6.03. The summed E-state index contributed by atoms with van der Waals surface area (Å²) in [5.41, 5.74) is 4.10. The summed E-state index contributed by atoms with van der Waals surface area (Å²) in [5, 5.41) is 12.4. The fraction of sp³-hybridized carbons (Fsp3) is 0.227. The highest BCUT2D eigenvalue weighted by atomic mass is 16.3. The Labute approximate surface area is 143 Å². The molecule has 0 aromatic heterocycles. The van der Waals surface area contributed by atoms with Gasteiger partial charge in [0.25, 0.3) is 0 Å². The summed E-state index contributed by atoms with van der Waals surface area (Å²) in [4.78, 5) is 4.77. The van der Waals surface area contributed by atoms with Crippen LogP contribution in [0.5, 0.6) is 5.75 Å². The SMILES string of the molecule is Cc1cccc(C(C)(C)C)c1N=Cc1c(O)ccc2ccccc12. The summed E-state index contributed by atoms with van der Waals surface area (Å²) < 4.78 is 0. The first kappa shape index (κ1) is 16.3. The monoisotopic (exact) mass is 317 g/mol. The molecular formula is C22H23NO. The Morgan fingerprint density at radius 2 is 1.67 bits per heavy atom. The molecular weight excluding hydrogens is 294 g/mol. The van der Waals surface area contributed by atoms with E-state index in [0.717, 1.165) is 27.6 Å². The number of aliphatic imine (C=N–C) groups is 1. The zero-order valence-corrected chi connectivity index (χ0v) is 14.7. The van der Waals surface area contributed by atoms with Crippen molar-refractivity contribution >= 4 is 22.7 Å². The van der Waals surface area contributed by atoms with Crippen molar-refractivity contribution in [2.75, 3.05) is 0 Å². The highest BCUT2D eigenvalue weighted by Crippen LogP contribution is 2.34. The zero-order chi connectivity index (χ0) is 17.3. The van der Waals surface area contributed by atoms with Crippen molar-refractivity contribution < 1.29 is 5.11 Å². The van der Waals surface area contributed by atoms with Crippen LogP contribution in [0, 0.1) is 6.92 Å². The van der Waals surface area contributed by atoms with Crippen LogP contribution in [0.3, 0.4) is 0 Å². The molecule has 3 rings (SSSR count). The molecule has 122 valence electrons. The van der Waals surface area contributed by atoms with Crippen molar-refractivity contribution in [2.45, 2.75) is 33.1 Å². The molecule has 2 nitrogen and oxygen atoms in total. The third-order valence-electron chi connectivity index (χ3n) is 4.32. The van der Waals surface area contributed by atoms with Crippen molar-refractivity contribution in [3.05, 3.63) is 71.3 Å². The van der Waals surface area contributed by atoms with E-state index in [0.29, 0.717) is 0 Å². The summed E-state index contributed by atoms with van der Waals surface area (Å²) in [7, 11) is 0. The van der Waals surface area contributed by atoms with Gasteiger partial charge in [-0.25, -0.2) is 0 Å². The molecule has 0 aliphatic heterocycles. The summed E-state index contributed by atoms with van der Waals surface area (Å²) in [6.07, 6.45) is 1.79. The second kappa shape index (κ2) is 6.12. The molecule has 0 aliphatic rings. The van der Waals surface area contributed by atoms with Gasteiger partial charge in [0.05, 0.1) is 5.69 Å². The average Bonchev–Trinajstić information content (AvgIpc) is 2.54. The van der Waals surface area contributed by atoms with Gasteiger partial charge in [0.15, 0.2) is 0 Å². The van der Waals surface area contributed by atoms with Crippen LogP contribution in [-0.2, 0) is 5.41 Å². The molecule has 0 fully saturated rings. The minimum atomic E-state index is 0.0134. The second-order valence-corrected chi connectivity index (χ2v) is 7.20. The van der Waals surface area contributed by atoms with Crippen LogP contribution in [0.15, 0.2) is 59.6 Å². The fourth-order valence-electron chi connectivity index (χ4n) is 2.98. The Hall–Kier alpha value is -2.61. The lowest BCUT2D eigenvalue weighted by Crippen LogP contribution is -2.11. The van der Waals surface area contributed by atoms with Gasteiger partial charge in [0.2, 0.25) is 0 Å². The van der Waals surface area contributed by atoms with Crippen LogP contribution < -0.4 is 0 Å². The maximum atomic E-state index is 10.3. The first-order valence-electron chi connectivity index (χ1n) is 8.23. The number of para-hydroxylation sites is 1. The first-order chi connectivity index (χ1) is 11.4. The van der Waals surface area contributed by atoms with E-state index in [9.17, 15) is 5.11 Å². The molecule has 0 radical (unpaired) electrons. The van der Waals surface area contributed by atoms with Gasteiger partial charge in [0.1, 0.15) is 5.75 Å². The lowest BCUT2D eigenvalue weighted by molar-refractivity contribution is 0.475. The smallest absolute Gasteiger partial charge is 0.124 e. The number of rotatable bonds is 2. The van der Waals surface area contributed by atoms with Crippen molar-refractivity contribution in [1.29, 1.82) is 0 Å².